The number of carbonyl (C=O) groups excluding carboxylic acids is 2. The highest BCUT2D eigenvalue weighted by atomic mass is 32.2. The molecule has 1 aromatic carbocycles. The fraction of sp³-hybridized carbons (Fsp3) is 0.333. The van der Waals surface area contributed by atoms with Gasteiger partial charge in [-0.25, -0.2) is 9.59 Å². The number of hydrogen-bond donors (Lipinski definition) is 3. The molecule has 10 heteroatoms. The van der Waals surface area contributed by atoms with Crippen LogP contribution in [0.5, 0.6) is 0 Å². The Balaban J connectivity index is 2.00. The van der Waals surface area contributed by atoms with Gasteiger partial charge >= 0.3 is 12.0 Å². The number of nitrogen functional groups attached to an aromatic ring is 1. The molecule has 2 amide bonds. The topological polar surface area (TPSA) is 119 Å². The van der Waals surface area contributed by atoms with Gasteiger partial charge in [0.2, 0.25) is 5.13 Å². The zero-order valence-electron chi connectivity index (χ0n) is 15.7. The van der Waals surface area contributed by atoms with E-state index in [0.29, 0.717) is 26.5 Å². The Kier molecular flexibility index (Phi) is 6.20. The van der Waals surface area contributed by atoms with Gasteiger partial charge in [-0.3, -0.25) is 0 Å². The number of benzene rings is 1. The lowest BCUT2D eigenvalue weighted by Crippen LogP contribution is -2.46. The molecule has 28 heavy (non-hydrogen) atoms. The molecular formula is C18H21N5O3S2. The van der Waals surface area contributed by atoms with Crippen molar-refractivity contribution in [3.8, 4) is 0 Å². The van der Waals surface area contributed by atoms with E-state index in [-0.39, 0.29) is 12.6 Å². The number of rotatable bonds is 6. The first kappa shape index (κ1) is 20.2. The van der Waals surface area contributed by atoms with Gasteiger partial charge in [-0.1, -0.05) is 46.9 Å². The van der Waals surface area contributed by atoms with Crippen LogP contribution in [0.4, 0.5) is 9.93 Å². The third kappa shape index (κ3) is 4.45. The summed E-state index contributed by atoms with van der Waals surface area (Å²) in [5, 5.41) is 13.7. The molecule has 0 bridgehead atoms. The molecule has 4 N–H and O–H groups in total. The summed E-state index contributed by atoms with van der Waals surface area (Å²) in [6.45, 7) is 5.94. The summed E-state index contributed by atoms with van der Waals surface area (Å²) in [6.07, 6.45) is 0. The molecule has 3 rings (SSSR count). The van der Waals surface area contributed by atoms with Crippen molar-refractivity contribution in [1.82, 2.24) is 20.8 Å². The first-order chi connectivity index (χ1) is 13.4. The molecule has 1 unspecified atom stereocenters. The van der Waals surface area contributed by atoms with Crippen molar-refractivity contribution in [3.63, 3.8) is 0 Å². The summed E-state index contributed by atoms with van der Waals surface area (Å²) in [5.41, 5.74) is 9.44. The van der Waals surface area contributed by atoms with E-state index in [9.17, 15) is 9.59 Å². The maximum absolute atomic E-state index is 12.8. The Bertz CT molecular complexity index is 941. The fourth-order valence-electron chi connectivity index (χ4n) is 2.98. The molecule has 1 aliphatic heterocycles. The summed E-state index contributed by atoms with van der Waals surface area (Å²) in [7, 11) is 0. The van der Waals surface area contributed by atoms with Crippen LogP contribution in [0, 0.1) is 13.8 Å². The minimum atomic E-state index is -0.594. The molecule has 2 aromatic rings. The predicted octanol–water partition coefficient (Wildman–Crippen LogP) is 2.70. The molecule has 0 saturated carbocycles. The Morgan fingerprint density at radius 2 is 2.14 bits per heavy atom. The standard InChI is InChI=1S/C18H21N5O3S2/c1-4-26-15(24)13-12(8-27-18-23-22-16(19)28-18)20-17(25)21-14(13)11-6-5-9(2)7-10(11)3/h5-7,14H,4,8H2,1-3H3,(H2,19,22)(H2,20,21,25). The fourth-order valence-corrected chi connectivity index (χ4v) is 4.58. The quantitative estimate of drug-likeness (QED) is 0.486. The molecule has 0 fully saturated rings. The Labute approximate surface area is 170 Å². The molecule has 1 aliphatic rings. The van der Waals surface area contributed by atoms with Crippen LogP contribution in [0.15, 0.2) is 33.8 Å². The van der Waals surface area contributed by atoms with Gasteiger partial charge in [0.05, 0.1) is 18.2 Å². The molecule has 1 atom stereocenters. The van der Waals surface area contributed by atoms with Gasteiger partial charge in [0, 0.05) is 11.4 Å². The second-order valence-corrected chi connectivity index (χ2v) is 8.43. The van der Waals surface area contributed by atoms with E-state index in [0.717, 1.165) is 16.7 Å². The SMILES string of the molecule is CCOC(=O)C1=C(CSc2nnc(N)s2)NC(=O)NC1c1ccc(C)cc1C. The van der Waals surface area contributed by atoms with Crippen LogP contribution in [-0.2, 0) is 9.53 Å². The summed E-state index contributed by atoms with van der Waals surface area (Å²) >= 11 is 2.60. The molecule has 8 nitrogen and oxygen atoms in total. The Morgan fingerprint density at radius 1 is 1.36 bits per heavy atom. The Morgan fingerprint density at radius 3 is 2.79 bits per heavy atom. The van der Waals surface area contributed by atoms with Gasteiger partial charge in [0.1, 0.15) is 0 Å². The third-order valence-corrected chi connectivity index (χ3v) is 6.06. The lowest BCUT2D eigenvalue weighted by atomic mass is 9.91. The van der Waals surface area contributed by atoms with Crippen molar-refractivity contribution in [2.24, 2.45) is 0 Å². The number of thioether (sulfide) groups is 1. The van der Waals surface area contributed by atoms with Crippen molar-refractivity contribution >= 4 is 40.2 Å². The molecular weight excluding hydrogens is 398 g/mol. The lowest BCUT2D eigenvalue weighted by molar-refractivity contribution is -0.139. The first-order valence-electron chi connectivity index (χ1n) is 8.65. The largest absolute Gasteiger partial charge is 0.463 e. The number of ether oxygens (including phenoxy) is 1. The monoisotopic (exact) mass is 419 g/mol. The number of nitrogens with one attached hydrogen (secondary N) is 2. The summed E-state index contributed by atoms with van der Waals surface area (Å²) in [4.78, 5) is 25.1. The predicted molar refractivity (Wildman–Crippen MR) is 109 cm³/mol. The zero-order valence-corrected chi connectivity index (χ0v) is 17.4. The van der Waals surface area contributed by atoms with Crippen molar-refractivity contribution < 1.29 is 14.3 Å². The van der Waals surface area contributed by atoms with Crippen LogP contribution in [-0.4, -0.2) is 34.6 Å². The van der Waals surface area contributed by atoms with E-state index in [2.05, 4.69) is 20.8 Å². The molecule has 0 radical (unpaired) electrons. The molecule has 0 spiro atoms. The number of carbonyl (C=O) groups is 2. The average molecular weight is 420 g/mol. The van der Waals surface area contributed by atoms with E-state index >= 15 is 0 Å². The summed E-state index contributed by atoms with van der Waals surface area (Å²) < 4.78 is 5.93. The number of esters is 1. The average Bonchev–Trinajstić information content (AvgIpc) is 3.05. The van der Waals surface area contributed by atoms with Gasteiger partial charge in [0.25, 0.3) is 0 Å². The highest BCUT2D eigenvalue weighted by Gasteiger charge is 2.34. The summed E-state index contributed by atoms with van der Waals surface area (Å²) in [5.74, 6) is -0.134. The Hall–Kier alpha value is -2.59. The number of aryl methyl sites for hydroxylation is 2. The maximum atomic E-state index is 12.8. The smallest absolute Gasteiger partial charge is 0.338 e. The van der Waals surface area contributed by atoms with Gasteiger partial charge in [-0.2, -0.15) is 0 Å². The van der Waals surface area contributed by atoms with Crippen LogP contribution in [0.3, 0.4) is 0 Å². The summed E-state index contributed by atoms with van der Waals surface area (Å²) in [6, 6.07) is 4.94. The number of urea groups is 1. The molecule has 148 valence electrons. The van der Waals surface area contributed by atoms with Gasteiger partial charge < -0.3 is 21.1 Å². The number of nitrogens with zero attached hydrogens (tertiary/aromatic N) is 2. The van der Waals surface area contributed by atoms with Crippen LogP contribution in [0.2, 0.25) is 0 Å². The first-order valence-corrected chi connectivity index (χ1v) is 10.5. The van der Waals surface area contributed by atoms with E-state index in [1.54, 1.807) is 6.92 Å². The third-order valence-electron chi connectivity index (χ3n) is 4.15. The maximum Gasteiger partial charge on any atom is 0.338 e. The van der Waals surface area contributed by atoms with E-state index in [4.69, 9.17) is 10.5 Å². The normalized spacial score (nSPS) is 16.5. The number of amides is 2. The van der Waals surface area contributed by atoms with E-state index in [1.165, 1.54) is 23.1 Å². The van der Waals surface area contributed by atoms with Crippen LogP contribution >= 0.6 is 23.1 Å². The number of anilines is 1. The second-order valence-electron chi connectivity index (χ2n) is 6.20. The van der Waals surface area contributed by atoms with E-state index < -0.39 is 12.0 Å². The molecule has 2 heterocycles. The van der Waals surface area contributed by atoms with E-state index in [1.807, 2.05) is 32.0 Å². The number of aromatic nitrogens is 2. The van der Waals surface area contributed by atoms with Crippen LogP contribution in [0.1, 0.15) is 29.7 Å². The minimum absolute atomic E-state index is 0.239. The second kappa shape index (κ2) is 8.61. The minimum Gasteiger partial charge on any atom is -0.463 e. The van der Waals surface area contributed by atoms with Crippen molar-refractivity contribution in [1.29, 1.82) is 0 Å². The van der Waals surface area contributed by atoms with Crippen molar-refractivity contribution in [3.05, 3.63) is 46.2 Å². The van der Waals surface area contributed by atoms with Gasteiger partial charge in [-0.05, 0) is 31.9 Å². The highest BCUT2D eigenvalue weighted by molar-refractivity contribution is 8.01. The van der Waals surface area contributed by atoms with Crippen LogP contribution < -0.4 is 16.4 Å². The zero-order chi connectivity index (χ0) is 20.3. The molecule has 0 aliphatic carbocycles. The van der Waals surface area contributed by atoms with Crippen LogP contribution in [0.25, 0.3) is 0 Å². The molecule has 0 saturated heterocycles. The van der Waals surface area contributed by atoms with Gasteiger partial charge in [-0.15, -0.1) is 10.2 Å². The highest BCUT2D eigenvalue weighted by Crippen LogP contribution is 2.33. The van der Waals surface area contributed by atoms with Gasteiger partial charge in [0.15, 0.2) is 4.34 Å². The number of nitrogens with two attached hydrogens (primary N) is 1. The van der Waals surface area contributed by atoms with Crippen molar-refractivity contribution in [2.75, 3.05) is 18.1 Å². The lowest BCUT2D eigenvalue weighted by Gasteiger charge is -2.30. The van der Waals surface area contributed by atoms with Crippen molar-refractivity contribution in [2.45, 2.75) is 31.2 Å². The number of hydrogen-bond acceptors (Lipinski definition) is 8. The molecule has 1 aromatic heterocycles.